The molecule has 50 valence electrons. The van der Waals surface area contributed by atoms with E-state index in [4.69, 9.17) is 0 Å². The molecule has 10 heavy (non-hydrogen) atoms. The van der Waals surface area contributed by atoms with Gasteiger partial charge in [-0.05, 0) is 23.7 Å². The van der Waals surface area contributed by atoms with E-state index in [1.54, 1.807) is 0 Å². The lowest BCUT2D eigenvalue weighted by atomic mass is 10.1. The van der Waals surface area contributed by atoms with Crippen LogP contribution in [0.3, 0.4) is 0 Å². The summed E-state index contributed by atoms with van der Waals surface area (Å²) in [5.41, 5.74) is 1.31. The number of azo groups is 2. The molecular formula is C8H9N2+. The van der Waals surface area contributed by atoms with E-state index < -0.39 is 0 Å². The molecule has 1 unspecified atom stereocenters. The first-order chi connectivity index (χ1) is 4.86. The maximum Gasteiger partial charge on any atom is 0.223 e. The Balaban J connectivity index is 2.39. The van der Waals surface area contributed by atoms with Crippen molar-refractivity contribution in [1.29, 1.82) is 0 Å². The number of allylic oxidation sites excluding steroid dienone is 2. The van der Waals surface area contributed by atoms with Crippen LogP contribution in [-0.2, 0) is 0 Å². The van der Waals surface area contributed by atoms with Crippen LogP contribution in [0.1, 0.15) is 6.92 Å². The van der Waals surface area contributed by atoms with Crippen molar-refractivity contribution in [3.63, 3.8) is 0 Å². The summed E-state index contributed by atoms with van der Waals surface area (Å²) in [6.07, 6.45) is 10.2. The average molecular weight is 133 g/mol. The molecule has 0 spiro atoms. The Bertz CT molecular complexity index is 269. The molecule has 0 bridgehead atoms. The monoisotopic (exact) mass is 133 g/mol. The van der Waals surface area contributed by atoms with Gasteiger partial charge < -0.3 is 0 Å². The normalized spacial score (nSPS) is 27.9. The van der Waals surface area contributed by atoms with Crippen LogP contribution in [0.5, 0.6) is 0 Å². The first-order valence-electron chi connectivity index (χ1n) is 3.39. The zero-order chi connectivity index (χ0) is 6.97. The van der Waals surface area contributed by atoms with Gasteiger partial charge in [0.25, 0.3) is 0 Å². The molecule has 0 aromatic rings. The highest BCUT2D eigenvalue weighted by atomic mass is 15.3. The summed E-state index contributed by atoms with van der Waals surface area (Å²) < 4.78 is 1.94. The molecule has 2 rings (SSSR count). The largest absolute Gasteiger partial charge is 0.223 e. The highest BCUT2D eigenvalue weighted by molar-refractivity contribution is 5.22. The van der Waals surface area contributed by atoms with Gasteiger partial charge in [0.15, 0.2) is 6.20 Å². The summed E-state index contributed by atoms with van der Waals surface area (Å²) in [6, 6.07) is 0.380. The van der Waals surface area contributed by atoms with Crippen molar-refractivity contribution in [2.75, 3.05) is 0 Å². The van der Waals surface area contributed by atoms with E-state index in [1.165, 1.54) is 5.57 Å². The third-order valence-electron chi connectivity index (χ3n) is 1.71. The van der Waals surface area contributed by atoms with Crippen molar-refractivity contribution >= 4 is 0 Å². The molecule has 0 radical (unpaired) electrons. The molecule has 2 aliphatic rings. The molecule has 0 aromatic heterocycles. The number of rotatable bonds is 0. The predicted molar refractivity (Wildman–Crippen MR) is 38.5 cm³/mol. The molecule has 0 fully saturated rings. The van der Waals surface area contributed by atoms with Gasteiger partial charge in [0.05, 0.1) is 6.20 Å². The Kier molecular flexibility index (Phi) is 1.07. The minimum absolute atomic E-state index is 0.380. The first-order valence-corrected chi connectivity index (χ1v) is 3.39. The Hall–Kier alpha value is -1.18. The van der Waals surface area contributed by atoms with Crippen LogP contribution in [-0.4, -0.2) is 10.7 Å². The minimum Gasteiger partial charge on any atom is -0.0810 e. The van der Waals surface area contributed by atoms with Gasteiger partial charge in [0.2, 0.25) is 6.04 Å². The van der Waals surface area contributed by atoms with E-state index in [1.807, 2.05) is 17.1 Å². The van der Waals surface area contributed by atoms with E-state index in [9.17, 15) is 0 Å². The molecule has 2 heteroatoms. The summed E-state index contributed by atoms with van der Waals surface area (Å²) in [6.45, 7) is 2.10. The molecule has 0 aliphatic carbocycles. The number of fused-ring (bicyclic) bond motifs is 1. The van der Waals surface area contributed by atoms with Crippen molar-refractivity contribution in [2.45, 2.75) is 13.0 Å². The first kappa shape index (κ1) is 5.59. The Morgan fingerprint density at radius 2 is 2.50 bits per heavy atom. The van der Waals surface area contributed by atoms with Gasteiger partial charge in [0, 0.05) is 12.2 Å². The van der Waals surface area contributed by atoms with Crippen LogP contribution in [0.4, 0.5) is 0 Å². The van der Waals surface area contributed by atoms with Gasteiger partial charge in [-0.2, -0.15) is 0 Å². The Morgan fingerprint density at radius 1 is 1.60 bits per heavy atom. The van der Waals surface area contributed by atoms with Gasteiger partial charge in [-0.25, -0.2) is 0 Å². The molecule has 2 aliphatic heterocycles. The van der Waals surface area contributed by atoms with Gasteiger partial charge in [0.1, 0.15) is 0 Å². The molecule has 2 heterocycles. The van der Waals surface area contributed by atoms with Crippen LogP contribution >= 0.6 is 0 Å². The van der Waals surface area contributed by atoms with Crippen LogP contribution in [0.25, 0.3) is 0 Å². The molecule has 1 atom stereocenters. The predicted octanol–water partition coefficient (Wildman–Crippen LogP) is 1.82. The van der Waals surface area contributed by atoms with E-state index in [-0.39, 0.29) is 0 Å². The smallest absolute Gasteiger partial charge is 0.0810 e. The molecule has 0 N–H and O–H groups in total. The topological polar surface area (TPSA) is 15.4 Å². The lowest BCUT2D eigenvalue weighted by Crippen LogP contribution is -2.14. The summed E-state index contributed by atoms with van der Waals surface area (Å²) in [5, 5.41) is 4.11. The standard InChI is InChI=1S/C8H9N2/c1-7-3-5-10-8(6-7)2-4-9-10/h2-6,8H,1H3/q+1. The fraction of sp³-hybridized carbons (Fsp3) is 0.250. The molecule has 0 aromatic carbocycles. The zero-order valence-corrected chi connectivity index (χ0v) is 5.86. The van der Waals surface area contributed by atoms with Crippen LogP contribution in [0.2, 0.25) is 0 Å². The van der Waals surface area contributed by atoms with E-state index >= 15 is 0 Å². The van der Waals surface area contributed by atoms with Crippen molar-refractivity contribution in [3.8, 4) is 0 Å². The molecular weight excluding hydrogens is 124 g/mol. The third-order valence-corrected chi connectivity index (χ3v) is 1.71. The van der Waals surface area contributed by atoms with Gasteiger partial charge in [-0.15, -0.1) is 0 Å². The van der Waals surface area contributed by atoms with Crippen LogP contribution < -0.4 is 0 Å². The highest BCUT2D eigenvalue weighted by Crippen LogP contribution is 2.14. The van der Waals surface area contributed by atoms with Crippen LogP contribution in [0, 0.1) is 0 Å². The van der Waals surface area contributed by atoms with E-state index in [0.717, 1.165) is 0 Å². The second-order valence-electron chi connectivity index (χ2n) is 2.55. The Morgan fingerprint density at radius 3 is 3.40 bits per heavy atom. The molecule has 0 saturated heterocycles. The second-order valence-corrected chi connectivity index (χ2v) is 2.55. The summed E-state index contributed by atoms with van der Waals surface area (Å²) >= 11 is 0. The van der Waals surface area contributed by atoms with Crippen molar-refractivity contribution < 1.29 is 4.70 Å². The lowest BCUT2D eigenvalue weighted by molar-refractivity contribution is -0.535. The third kappa shape index (κ3) is 0.727. The van der Waals surface area contributed by atoms with Crippen molar-refractivity contribution in [1.82, 2.24) is 0 Å². The van der Waals surface area contributed by atoms with Crippen molar-refractivity contribution in [2.24, 2.45) is 5.11 Å². The molecule has 0 saturated carbocycles. The maximum absolute atomic E-state index is 4.11. The second kappa shape index (κ2) is 1.90. The summed E-state index contributed by atoms with van der Waals surface area (Å²) in [7, 11) is 0. The highest BCUT2D eigenvalue weighted by Gasteiger charge is 2.21. The van der Waals surface area contributed by atoms with Crippen LogP contribution in [0.15, 0.2) is 41.3 Å². The fourth-order valence-corrected chi connectivity index (χ4v) is 1.16. The quantitative estimate of drug-likeness (QED) is 0.448. The minimum atomic E-state index is 0.380. The summed E-state index contributed by atoms with van der Waals surface area (Å²) in [5.74, 6) is 0. The SMILES string of the molecule is CC1=CC2C=CN=[N+]2C=C1. The number of hydrogen-bond donors (Lipinski definition) is 0. The number of hydrogen-bond acceptors (Lipinski definition) is 1. The number of nitrogens with zero attached hydrogens (tertiary/aromatic N) is 2. The zero-order valence-electron chi connectivity index (χ0n) is 5.86. The van der Waals surface area contributed by atoms with E-state index in [0.29, 0.717) is 6.04 Å². The van der Waals surface area contributed by atoms with Crippen molar-refractivity contribution in [3.05, 3.63) is 36.2 Å². The molecule has 2 nitrogen and oxygen atoms in total. The maximum atomic E-state index is 4.11. The average Bonchev–Trinajstić information content (AvgIpc) is 2.33. The molecule has 0 amide bonds. The summed E-state index contributed by atoms with van der Waals surface area (Å²) in [4.78, 5) is 0. The van der Waals surface area contributed by atoms with Gasteiger partial charge in [-0.1, -0.05) is 4.70 Å². The van der Waals surface area contributed by atoms with Gasteiger partial charge in [-0.3, -0.25) is 0 Å². The lowest BCUT2D eigenvalue weighted by Gasteiger charge is -2.01. The fourth-order valence-electron chi connectivity index (χ4n) is 1.16. The van der Waals surface area contributed by atoms with E-state index in [2.05, 4.69) is 30.3 Å². The Labute approximate surface area is 59.9 Å². The van der Waals surface area contributed by atoms with Gasteiger partial charge >= 0.3 is 0 Å².